The van der Waals surface area contributed by atoms with Crippen LogP contribution in [0.2, 0.25) is 4.34 Å². The second kappa shape index (κ2) is 5.29. The Bertz CT molecular complexity index is 333. The average Bonchev–Trinajstić information content (AvgIpc) is 2.60. The van der Waals surface area contributed by atoms with Gasteiger partial charge in [0.05, 0.1) is 15.8 Å². The maximum atomic E-state index is 11.7. The first kappa shape index (κ1) is 11.4. The van der Waals surface area contributed by atoms with Gasteiger partial charge in [0.2, 0.25) is 5.78 Å². The van der Waals surface area contributed by atoms with Crippen LogP contribution in [0.4, 0.5) is 0 Å². The third kappa shape index (κ3) is 2.94. The van der Waals surface area contributed by atoms with Crippen molar-refractivity contribution in [2.24, 2.45) is 0 Å². The van der Waals surface area contributed by atoms with Crippen LogP contribution in [-0.2, 0) is 4.74 Å². The van der Waals surface area contributed by atoms with Gasteiger partial charge in [0, 0.05) is 0 Å². The summed E-state index contributed by atoms with van der Waals surface area (Å²) in [6.07, 6.45) is 1.17. The molecule has 0 spiro atoms. The molecule has 0 aliphatic carbocycles. The second-order valence-corrected chi connectivity index (χ2v) is 4.45. The number of carbonyl (C=O) groups is 1. The van der Waals surface area contributed by atoms with Crippen LogP contribution in [0.15, 0.2) is 24.8 Å². The number of halogens is 1. The summed E-state index contributed by atoms with van der Waals surface area (Å²) >= 11 is 6.99. The summed E-state index contributed by atoms with van der Waals surface area (Å²) < 4.78 is 5.83. The van der Waals surface area contributed by atoms with E-state index in [0.29, 0.717) is 15.8 Å². The Hall–Kier alpha value is -0.640. The van der Waals surface area contributed by atoms with E-state index in [1.807, 2.05) is 0 Å². The normalized spacial score (nSPS) is 12.4. The molecule has 0 aromatic carbocycles. The lowest BCUT2D eigenvalue weighted by molar-refractivity contribution is 0.0570. The summed E-state index contributed by atoms with van der Waals surface area (Å²) in [7, 11) is 0. The smallest absolute Gasteiger partial charge is 0.201 e. The van der Waals surface area contributed by atoms with Crippen molar-refractivity contribution in [3.05, 3.63) is 34.0 Å². The molecular weight excluding hydrogens is 220 g/mol. The van der Waals surface area contributed by atoms with E-state index >= 15 is 0 Å². The molecular formula is C10H11ClO2S. The van der Waals surface area contributed by atoms with Crippen LogP contribution in [0.3, 0.4) is 0 Å². The van der Waals surface area contributed by atoms with E-state index in [0.717, 1.165) is 0 Å². The van der Waals surface area contributed by atoms with Gasteiger partial charge in [-0.2, -0.15) is 0 Å². The van der Waals surface area contributed by atoms with Crippen molar-refractivity contribution >= 4 is 28.7 Å². The highest BCUT2D eigenvalue weighted by Gasteiger charge is 2.16. The van der Waals surface area contributed by atoms with Crippen molar-refractivity contribution in [3.63, 3.8) is 0 Å². The monoisotopic (exact) mass is 230 g/mol. The summed E-state index contributed by atoms with van der Waals surface area (Å²) in [6.45, 7) is 5.62. The molecule has 0 saturated heterocycles. The molecule has 0 bridgehead atoms. The quantitative estimate of drug-likeness (QED) is 0.574. The van der Waals surface area contributed by atoms with Gasteiger partial charge in [-0.05, 0) is 19.1 Å². The van der Waals surface area contributed by atoms with Gasteiger partial charge in [0.25, 0.3) is 0 Å². The Morgan fingerprint density at radius 3 is 3.00 bits per heavy atom. The minimum Gasteiger partial charge on any atom is -0.366 e. The number of hydrogen-bond acceptors (Lipinski definition) is 3. The fourth-order valence-electron chi connectivity index (χ4n) is 0.935. The number of hydrogen-bond donors (Lipinski definition) is 0. The minimum atomic E-state index is -0.442. The van der Waals surface area contributed by atoms with Crippen LogP contribution in [0.25, 0.3) is 0 Å². The van der Waals surface area contributed by atoms with E-state index < -0.39 is 6.10 Å². The first-order chi connectivity index (χ1) is 6.65. The van der Waals surface area contributed by atoms with Gasteiger partial charge in [0.15, 0.2) is 0 Å². The molecule has 0 aliphatic heterocycles. The predicted octanol–water partition coefficient (Wildman–Crippen LogP) is 3.18. The van der Waals surface area contributed by atoms with Crippen molar-refractivity contribution in [1.82, 2.24) is 0 Å². The van der Waals surface area contributed by atoms with E-state index in [4.69, 9.17) is 16.3 Å². The largest absolute Gasteiger partial charge is 0.366 e. The van der Waals surface area contributed by atoms with Gasteiger partial charge in [-0.1, -0.05) is 17.7 Å². The van der Waals surface area contributed by atoms with Gasteiger partial charge >= 0.3 is 0 Å². The van der Waals surface area contributed by atoms with Crippen molar-refractivity contribution in [1.29, 1.82) is 0 Å². The zero-order valence-corrected chi connectivity index (χ0v) is 9.40. The third-order valence-corrected chi connectivity index (χ3v) is 2.90. The Morgan fingerprint density at radius 1 is 1.79 bits per heavy atom. The topological polar surface area (TPSA) is 26.3 Å². The molecule has 2 nitrogen and oxygen atoms in total. The molecule has 0 aliphatic rings. The maximum absolute atomic E-state index is 11.7. The number of carbonyl (C=O) groups excluding carboxylic acids is 1. The number of Topliss-reactive ketones (excluding diaryl/α,β-unsaturated/α-hetero) is 1. The van der Waals surface area contributed by atoms with Crippen molar-refractivity contribution in [2.45, 2.75) is 13.0 Å². The van der Waals surface area contributed by atoms with Crippen LogP contribution in [0.5, 0.6) is 0 Å². The predicted molar refractivity (Wildman–Crippen MR) is 59.3 cm³/mol. The molecule has 0 N–H and O–H groups in total. The van der Waals surface area contributed by atoms with Crippen LogP contribution >= 0.6 is 22.9 Å². The molecule has 1 heterocycles. The molecule has 0 radical (unpaired) electrons. The fraction of sp³-hybridized carbons (Fsp3) is 0.300. The molecule has 0 amide bonds. The molecule has 1 atom stereocenters. The Morgan fingerprint density at radius 2 is 2.50 bits per heavy atom. The minimum absolute atomic E-state index is 0.0382. The maximum Gasteiger partial charge on any atom is 0.201 e. The molecule has 1 aromatic heterocycles. The van der Waals surface area contributed by atoms with Gasteiger partial charge in [-0.3, -0.25) is 4.79 Å². The molecule has 1 rings (SSSR count). The highest BCUT2D eigenvalue weighted by Crippen LogP contribution is 2.23. The molecule has 0 fully saturated rings. The van der Waals surface area contributed by atoms with Crippen LogP contribution in [0, 0.1) is 0 Å². The van der Waals surface area contributed by atoms with Crippen molar-refractivity contribution in [3.8, 4) is 0 Å². The summed E-state index contributed by atoms with van der Waals surface area (Å²) in [5, 5.41) is 0. The molecule has 4 heteroatoms. The Balaban J connectivity index is 2.60. The summed E-state index contributed by atoms with van der Waals surface area (Å²) in [4.78, 5) is 12.3. The molecule has 76 valence electrons. The van der Waals surface area contributed by atoms with E-state index in [2.05, 4.69) is 6.58 Å². The molecule has 0 saturated carbocycles. The first-order valence-corrected chi connectivity index (χ1v) is 5.36. The van der Waals surface area contributed by atoms with Crippen LogP contribution in [0.1, 0.15) is 16.6 Å². The number of thiophene rings is 1. The second-order valence-electron chi connectivity index (χ2n) is 2.73. The van der Waals surface area contributed by atoms with E-state index in [-0.39, 0.29) is 5.78 Å². The molecule has 14 heavy (non-hydrogen) atoms. The van der Waals surface area contributed by atoms with E-state index in [1.54, 1.807) is 25.1 Å². The van der Waals surface area contributed by atoms with E-state index in [1.165, 1.54) is 11.3 Å². The van der Waals surface area contributed by atoms with Crippen molar-refractivity contribution < 1.29 is 9.53 Å². The lowest BCUT2D eigenvalue weighted by atomic mass is 10.2. The Labute approximate surface area is 92.2 Å². The summed E-state index contributed by atoms with van der Waals surface area (Å²) in [5.41, 5.74) is 0. The number of ketones is 1. The zero-order valence-electron chi connectivity index (χ0n) is 7.83. The van der Waals surface area contributed by atoms with Gasteiger partial charge in [-0.25, -0.2) is 0 Å². The summed E-state index contributed by atoms with van der Waals surface area (Å²) in [5.74, 6) is -0.0382. The van der Waals surface area contributed by atoms with Gasteiger partial charge in [-0.15, -0.1) is 17.9 Å². The zero-order chi connectivity index (χ0) is 10.6. The fourth-order valence-corrected chi connectivity index (χ4v) is 2.00. The number of ether oxygens (including phenoxy) is 1. The standard InChI is InChI=1S/C10H11ClO2S/c1-3-6-13-7(2)10(12)8-4-5-9(11)14-8/h3-5,7H,1,6H2,2H3. The lowest BCUT2D eigenvalue weighted by Gasteiger charge is -2.08. The summed E-state index contributed by atoms with van der Waals surface area (Å²) in [6, 6.07) is 3.42. The van der Waals surface area contributed by atoms with E-state index in [9.17, 15) is 4.79 Å². The first-order valence-electron chi connectivity index (χ1n) is 4.17. The average molecular weight is 231 g/mol. The van der Waals surface area contributed by atoms with Crippen LogP contribution < -0.4 is 0 Å². The van der Waals surface area contributed by atoms with Crippen molar-refractivity contribution in [2.75, 3.05) is 6.61 Å². The molecule has 1 unspecified atom stereocenters. The van der Waals surface area contributed by atoms with Crippen LogP contribution in [-0.4, -0.2) is 18.5 Å². The molecule has 1 aromatic rings. The highest BCUT2D eigenvalue weighted by atomic mass is 35.5. The Kier molecular flexibility index (Phi) is 4.32. The van der Waals surface area contributed by atoms with Gasteiger partial charge in [0.1, 0.15) is 6.10 Å². The SMILES string of the molecule is C=CCOC(C)C(=O)c1ccc(Cl)s1. The highest BCUT2D eigenvalue weighted by molar-refractivity contribution is 7.18. The third-order valence-electron chi connectivity index (χ3n) is 1.65. The lowest BCUT2D eigenvalue weighted by Crippen LogP contribution is -2.19. The number of rotatable bonds is 5. The van der Waals surface area contributed by atoms with Gasteiger partial charge < -0.3 is 4.74 Å².